The zero-order valence-corrected chi connectivity index (χ0v) is 19.3. The molecule has 184 valence electrons. The smallest absolute Gasteiger partial charge is 0.304 e. The van der Waals surface area contributed by atoms with Crippen molar-refractivity contribution in [2.45, 2.75) is 6.92 Å². The van der Waals surface area contributed by atoms with Gasteiger partial charge >= 0.3 is 5.69 Å². The molecule has 0 spiro atoms. The maximum atomic E-state index is 11.8. The molecule has 0 aromatic heterocycles. The lowest BCUT2D eigenvalue weighted by molar-refractivity contribution is -0.393. The molecule has 35 heavy (non-hydrogen) atoms. The second kappa shape index (κ2) is 12.7. The van der Waals surface area contributed by atoms with Crippen LogP contribution in [0.15, 0.2) is 40.6 Å². The van der Waals surface area contributed by atoms with Gasteiger partial charge in [-0.05, 0) is 18.2 Å². The highest BCUT2D eigenvalue weighted by atomic mass is 16.6. The van der Waals surface area contributed by atoms with Crippen LogP contribution in [0.25, 0.3) is 0 Å². The average Bonchev–Trinajstić information content (AvgIpc) is 2.82. The normalized spacial score (nSPS) is 10.7. The standard InChI is InChI=1S/C21H23N7O7/c1-14(29)23-19-11-16(26(6-8-34-2)7-9-35-3)4-5-18(19)24-25-21-15(13-22)10-17(27(30)31)12-20(21)28(32)33/h4-5,10-12H,6-9H2,1-3H3,(H,23,29). The van der Waals surface area contributed by atoms with Gasteiger partial charge in [0.05, 0.1) is 40.4 Å². The van der Waals surface area contributed by atoms with Crippen LogP contribution in [0.2, 0.25) is 0 Å². The second-order valence-corrected chi connectivity index (χ2v) is 7.04. The molecule has 2 aromatic rings. The molecule has 0 unspecified atom stereocenters. The number of anilines is 2. The van der Waals surface area contributed by atoms with Crippen LogP contribution in [0.1, 0.15) is 12.5 Å². The number of non-ortho nitro benzene ring substituents is 1. The van der Waals surface area contributed by atoms with E-state index in [1.54, 1.807) is 38.5 Å². The van der Waals surface area contributed by atoms with Crippen LogP contribution < -0.4 is 10.2 Å². The van der Waals surface area contributed by atoms with Crippen LogP contribution in [0, 0.1) is 31.6 Å². The van der Waals surface area contributed by atoms with E-state index in [9.17, 15) is 30.3 Å². The monoisotopic (exact) mass is 485 g/mol. The number of nitrogens with zero attached hydrogens (tertiary/aromatic N) is 6. The lowest BCUT2D eigenvalue weighted by Gasteiger charge is -2.25. The lowest BCUT2D eigenvalue weighted by Crippen LogP contribution is -2.30. The van der Waals surface area contributed by atoms with Gasteiger partial charge in [-0.3, -0.25) is 25.0 Å². The highest BCUT2D eigenvalue weighted by molar-refractivity contribution is 5.93. The number of amides is 1. The average molecular weight is 485 g/mol. The molecule has 0 saturated heterocycles. The predicted molar refractivity (Wildman–Crippen MR) is 125 cm³/mol. The van der Waals surface area contributed by atoms with Crippen molar-refractivity contribution < 1.29 is 24.1 Å². The molecule has 2 rings (SSSR count). The van der Waals surface area contributed by atoms with Crippen molar-refractivity contribution in [2.24, 2.45) is 10.2 Å². The van der Waals surface area contributed by atoms with Gasteiger partial charge in [0.1, 0.15) is 11.8 Å². The number of hydrogen-bond acceptors (Lipinski definition) is 11. The van der Waals surface area contributed by atoms with E-state index in [1.807, 2.05) is 4.90 Å². The Labute approximate surface area is 200 Å². The molecule has 0 radical (unpaired) electrons. The highest BCUT2D eigenvalue weighted by Gasteiger charge is 2.24. The van der Waals surface area contributed by atoms with Crippen molar-refractivity contribution in [1.29, 1.82) is 5.26 Å². The van der Waals surface area contributed by atoms with Gasteiger partial charge in [0.15, 0.2) is 5.69 Å². The Bertz CT molecular complexity index is 1170. The molecule has 14 nitrogen and oxygen atoms in total. The maximum absolute atomic E-state index is 11.8. The maximum Gasteiger partial charge on any atom is 0.304 e. The topological polar surface area (TPSA) is 186 Å². The minimum Gasteiger partial charge on any atom is -0.383 e. The molecule has 0 bridgehead atoms. The molecule has 14 heteroatoms. The molecule has 1 amide bonds. The molecule has 0 saturated carbocycles. The summed E-state index contributed by atoms with van der Waals surface area (Å²) in [5.41, 5.74) is -1.06. The van der Waals surface area contributed by atoms with E-state index >= 15 is 0 Å². The Hall–Kier alpha value is -4.48. The Kier molecular flexibility index (Phi) is 9.70. The molecule has 0 fully saturated rings. The zero-order chi connectivity index (χ0) is 26.0. The van der Waals surface area contributed by atoms with Crippen LogP contribution in [0.4, 0.5) is 34.1 Å². The van der Waals surface area contributed by atoms with Gasteiger partial charge in [-0.25, -0.2) is 0 Å². The minimum absolute atomic E-state index is 0.152. The summed E-state index contributed by atoms with van der Waals surface area (Å²) in [5.74, 6) is -0.391. The molecular formula is C21H23N7O7. The van der Waals surface area contributed by atoms with Crippen molar-refractivity contribution in [3.05, 3.63) is 56.1 Å². The largest absolute Gasteiger partial charge is 0.383 e. The molecular weight excluding hydrogens is 462 g/mol. The van der Waals surface area contributed by atoms with E-state index in [0.717, 1.165) is 11.8 Å². The number of carbonyl (C=O) groups is 1. The fourth-order valence-electron chi connectivity index (χ4n) is 3.01. The molecule has 0 heterocycles. The van der Waals surface area contributed by atoms with Gasteiger partial charge in [0, 0.05) is 46.0 Å². The number of rotatable bonds is 12. The Morgan fingerprint density at radius 2 is 1.74 bits per heavy atom. The number of nitro groups is 2. The number of nitro benzene ring substituents is 2. The van der Waals surface area contributed by atoms with Gasteiger partial charge in [-0.1, -0.05) is 0 Å². The molecule has 0 aliphatic rings. The van der Waals surface area contributed by atoms with Crippen molar-refractivity contribution in [1.82, 2.24) is 0 Å². The number of hydrogen-bond donors (Lipinski definition) is 1. The fourth-order valence-corrected chi connectivity index (χ4v) is 3.01. The van der Waals surface area contributed by atoms with Crippen molar-refractivity contribution in [3.8, 4) is 6.07 Å². The number of ether oxygens (including phenoxy) is 2. The van der Waals surface area contributed by atoms with Crippen LogP contribution in [0.3, 0.4) is 0 Å². The molecule has 0 aliphatic carbocycles. The third kappa shape index (κ3) is 7.25. The summed E-state index contributed by atoms with van der Waals surface area (Å²) in [6.07, 6.45) is 0. The third-order valence-electron chi connectivity index (χ3n) is 4.65. The van der Waals surface area contributed by atoms with Crippen molar-refractivity contribution in [2.75, 3.05) is 50.7 Å². The molecule has 2 aromatic carbocycles. The number of azo groups is 1. The van der Waals surface area contributed by atoms with E-state index in [-0.39, 0.29) is 11.4 Å². The second-order valence-electron chi connectivity index (χ2n) is 7.04. The number of methoxy groups -OCH3 is 2. The molecule has 0 atom stereocenters. The van der Waals surface area contributed by atoms with Gasteiger partial charge < -0.3 is 19.7 Å². The predicted octanol–water partition coefficient (Wildman–Crippen LogP) is 3.85. The van der Waals surface area contributed by atoms with Gasteiger partial charge in [0.2, 0.25) is 5.91 Å². The van der Waals surface area contributed by atoms with Crippen molar-refractivity contribution in [3.63, 3.8) is 0 Å². The highest BCUT2D eigenvalue weighted by Crippen LogP contribution is 2.38. The SMILES string of the molecule is COCCN(CCOC)c1ccc(N=Nc2c(C#N)cc([N+](=O)[O-])cc2[N+](=O)[O-])c(NC(C)=O)c1. The van der Waals surface area contributed by atoms with Gasteiger partial charge in [0.25, 0.3) is 5.69 Å². The summed E-state index contributed by atoms with van der Waals surface area (Å²) in [5, 5.41) is 42.4. The third-order valence-corrected chi connectivity index (χ3v) is 4.65. The number of benzene rings is 2. The first-order valence-corrected chi connectivity index (χ1v) is 10.1. The van der Waals surface area contributed by atoms with E-state index in [4.69, 9.17) is 9.47 Å². The number of nitriles is 1. The minimum atomic E-state index is -0.885. The number of carbonyl (C=O) groups excluding carboxylic acids is 1. The summed E-state index contributed by atoms with van der Waals surface area (Å²) < 4.78 is 10.3. The molecule has 0 aliphatic heterocycles. The number of nitrogens with one attached hydrogen (secondary N) is 1. The Balaban J connectivity index is 2.55. The van der Waals surface area contributed by atoms with Gasteiger partial charge in [-0.15, -0.1) is 10.2 Å². The van der Waals surface area contributed by atoms with Crippen LogP contribution >= 0.6 is 0 Å². The quantitative estimate of drug-likeness (QED) is 0.265. The summed E-state index contributed by atoms with van der Waals surface area (Å²) in [7, 11) is 3.15. The lowest BCUT2D eigenvalue weighted by atomic mass is 10.1. The molecule has 1 N–H and O–H groups in total. The first kappa shape index (κ1) is 26.8. The van der Waals surface area contributed by atoms with Crippen LogP contribution in [-0.2, 0) is 14.3 Å². The summed E-state index contributed by atoms with van der Waals surface area (Å²) in [6.45, 7) is 3.28. The first-order chi connectivity index (χ1) is 16.7. The van der Waals surface area contributed by atoms with Gasteiger partial charge in [-0.2, -0.15) is 5.26 Å². The summed E-state index contributed by atoms with van der Waals surface area (Å²) in [4.78, 5) is 34.5. The van der Waals surface area contributed by atoms with Crippen LogP contribution in [0.5, 0.6) is 0 Å². The fraction of sp³-hybridized carbons (Fsp3) is 0.333. The summed E-state index contributed by atoms with van der Waals surface area (Å²) >= 11 is 0. The Morgan fingerprint density at radius 1 is 1.09 bits per heavy atom. The van der Waals surface area contributed by atoms with Crippen molar-refractivity contribution >= 4 is 40.0 Å². The van der Waals surface area contributed by atoms with E-state index in [2.05, 4.69) is 15.5 Å². The van der Waals surface area contributed by atoms with E-state index in [0.29, 0.717) is 32.4 Å². The zero-order valence-electron chi connectivity index (χ0n) is 19.3. The first-order valence-electron chi connectivity index (χ1n) is 10.1. The summed E-state index contributed by atoms with van der Waals surface area (Å²) in [6, 6.07) is 8.15. The Morgan fingerprint density at radius 3 is 2.26 bits per heavy atom. The van der Waals surface area contributed by atoms with E-state index < -0.39 is 38.4 Å². The van der Waals surface area contributed by atoms with E-state index in [1.165, 1.54) is 6.92 Å². The van der Waals surface area contributed by atoms with Crippen LogP contribution in [-0.4, -0.2) is 56.3 Å².